The van der Waals surface area contributed by atoms with Gasteiger partial charge in [-0.1, -0.05) is 11.6 Å². The van der Waals surface area contributed by atoms with Crippen molar-refractivity contribution < 1.29 is 13.2 Å². The fraction of sp³-hybridized carbons (Fsp3) is 0.0500. The number of rotatable bonds is 7. The highest BCUT2D eigenvalue weighted by Gasteiger charge is 2.20. The van der Waals surface area contributed by atoms with E-state index < -0.39 is 10.0 Å². The Morgan fingerprint density at radius 1 is 1.00 bits per heavy atom. The van der Waals surface area contributed by atoms with Crippen LogP contribution < -0.4 is 14.8 Å². The largest absolute Gasteiger partial charge is 0.495 e. The van der Waals surface area contributed by atoms with Gasteiger partial charge in [0, 0.05) is 28.8 Å². The van der Waals surface area contributed by atoms with Crippen molar-refractivity contribution >= 4 is 38.8 Å². The van der Waals surface area contributed by atoms with Gasteiger partial charge in [-0.05, 0) is 60.7 Å². The maximum Gasteiger partial charge on any atom is 0.265 e. The van der Waals surface area contributed by atoms with Gasteiger partial charge in [-0.25, -0.2) is 13.1 Å². The average molecular weight is 457 g/mol. The molecule has 0 atom stereocenters. The summed E-state index contributed by atoms with van der Waals surface area (Å²) in [5, 5.41) is 15.7. The molecule has 0 saturated heterocycles. The third-order valence-corrected chi connectivity index (χ3v) is 5.85. The number of nitrogens with one attached hydrogen (secondary N) is 2. The predicted molar refractivity (Wildman–Crippen MR) is 118 cm³/mol. The Labute approximate surface area is 183 Å². The summed E-state index contributed by atoms with van der Waals surface area (Å²) < 4.78 is 34.8. The molecule has 0 spiro atoms. The number of benzene rings is 2. The molecule has 0 fully saturated rings. The standard InChI is InChI=1S/C20H17ClN6O3S/c1-30-17-8-3-14(21)13-18(17)31(28,29)26-16-6-4-15(5-7-16)23-19-9-10-20(25-24-19)27-12-2-11-22-27/h2-13,26H,1H3,(H,23,24). The number of nitrogens with zero attached hydrogens (tertiary/aromatic N) is 4. The quantitative estimate of drug-likeness (QED) is 0.434. The number of sulfonamides is 1. The van der Waals surface area contributed by atoms with Crippen LogP contribution in [-0.4, -0.2) is 35.5 Å². The van der Waals surface area contributed by atoms with Gasteiger partial charge in [-0.3, -0.25) is 4.72 Å². The molecule has 0 saturated carbocycles. The van der Waals surface area contributed by atoms with Crippen LogP contribution in [0, 0.1) is 0 Å². The van der Waals surface area contributed by atoms with Crippen LogP contribution >= 0.6 is 11.6 Å². The van der Waals surface area contributed by atoms with E-state index in [0.717, 1.165) is 0 Å². The minimum absolute atomic E-state index is 0.0442. The normalized spacial score (nSPS) is 11.2. The van der Waals surface area contributed by atoms with E-state index in [1.165, 1.54) is 19.2 Å². The lowest BCUT2D eigenvalue weighted by atomic mass is 10.3. The van der Waals surface area contributed by atoms with Crippen molar-refractivity contribution in [1.29, 1.82) is 0 Å². The Morgan fingerprint density at radius 3 is 2.42 bits per heavy atom. The molecule has 2 N–H and O–H groups in total. The SMILES string of the molecule is COc1ccc(Cl)cc1S(=O)(=O)Nc1ccc(Nc2ccc(-n3cccn3)nn2)cc1. The van der Waals surface area contributed by atoms with Crippen molar-refractivity contribution in [2.75, 3.05) is 17.1 Å². The van der Waals surface area contributed by atoms with E-state index in [2.05, 4.69) is 25.3 Å². The molecular formula is C20H17ClN6O3S. The van der Waals surface area contributed by atoms with Crippen molar-refractivity contribution in [3.8, 4) is 11.6 Å². The zero-order valence-corrected chi connectivity index (χ0v) is 17.8. The van der Waals surface area contributed by atoms with E-state index >= 15 is 0 Å². The molecular weight excluding hydrogens is 440 g/mol. The van der Waals surface area contributed by atoms with Gasteiger partial charge in [0.2, 0.25) is 0 Å². The molecule has 0 aliphatic rings. The maximum absolute atomic E-state index is 12.7. The lowest BCUT2D eigenvalue weighted by Gasteiger charge is -2.12. The van der Waals surface area contributed by atoms with E-state index in [1.54, 1.807) is 65.6 Å². The molecule has 158 valence electrons. The summed E-state index contributed by atoms with van der Waals surface area (Å²) in [6, 6.07) is 16.4. The van der Waals surface area contributed by atoms with Gasteiger partial charge < -0.3 is 10.1 Å². The second-order valence-corrected chi connectivity index (χ2v) is 8.42. The number of aromatic nitrogens is 4. The Morgan fingerprint density at radius 2 is 1.77 bits per heavy atom. The third kappa shape index (κ3) is 4.76. The zero-order chi connectivity index (χ0) is 21.8. The molecule has 2 aromatic carbocycles. The summed E-state index contributed by atoms with van der Waals surface area (Å²) >= 11 is 5.95. The lowest BCUT2D eigenvalue weighted by Crippen LogP contribution is -2.14. The molecule has 11 heteroatoms. The van der Waals surface area contributed by atoms with Crippen LogP contribution in [0.3, 0.4) is 0 Å². The maximum atomic E-state index is 12.7. The number of anilines is 3. The first-order valence-corrected chi connectivity index (χ1v) is 10.9. The monoisotopic (exact) mass is 456 g/mol. The number of hydrogen-bond acceptors (Lipinski definition) is 7. The summed E-state index contributed by atoms with van der Waals surface area (Å²) in [6.45, 7) is 0. The summed E-state index contributed by atoms with van der Waals surface area (Å²) in [7, 11) is -2.49. The first-order chi connectivity index (χ1) is 14.9. The van der Waals surface area contributed by atoms with Crippen LogP contribution in [0.5, 0.6) is 5.75 Å². The smallest absolute Gasteiger partial charge is 0.265 e. The second kappa shape index (κ2) is 8.62. The number of hydrogen-bond donors (Lipinski definition) is 2. The first-order valence-electron chi connectivity index (χ1n) is 9.02. The summed E-state index contributed by atoms with van der Waals surface area (Å²) in [6.07, 6.45) is 3.43. The summed E-state index contributed by atoms with van der Waals surface area (Å²) in [5.41, 5.74) is 1.09. The van der Waals surface area contributed by atoms with E-state index in [9.17, 15) is 8.42 Å². The van der Waals surface area contributed by atoms with Crippen molar-refractivity contribution in [3.05, 3.63) is 78.1 Å². The molecule has 0 unspecified atom stereocenters. The highest BCUT2D eigenvalue weighted by molar-refractivity contribution is 7.92. The number of ether oxygens (including phenoxy) is 1. The molecule has 0 aliphatic carbocycles. The molecule has 0 radical (unpaired) electrons. The molecule has 4 aromatic rings. The predicted octanol–water partition coefficient (Wildman–Crippen LogP) is 3.87. The van der Waals surface area contributed by atoms with Crippen LogP contribution in [0.15, 0.2) is 78.0 Å². The van der Waals surface area contributed by atoms with Gasteiger partial charge >= 0.3 is 0 Å². The molecule has 9 nitrogen and oxygen atoms in total. The van der Waals surface area contributed by atoms with Gasteiger partial charge in [0.25, 0.3) is 10.0 Å². The van der Waals surface area contributed by atoms with Crippen LogP contribution in [0.4, 0.5) is 17.2 Å². The molecule has 4 rings (SSSR count). The Balaban J connectivity index is 1.46. The topological polar surface area (TPSA) is 111 Å². The zero-order valence-electron chi connectivity index (χ0n) is 16.2. The lowest BCUT2D eigenvalue weighted by molar-refractivity contribution is 0.403. The van der Waals surface area contributed by atoms with Crippen LogP contribution in [0.25, 0.3) is 5.82 Å². The minimum Gasteiger partial charge on any atom is -0.495 e. The fourth-order valence-corrected chi connectivity index (χ4v) is 4.25. The van der Waals surface area contributed by atoms with E-state index in [-0.39, 0.29) is 10.6 Å². The van der Waals surface area contributed by atoms with Crippen molar-refractivity contribution in [3.63, 3.8) is 0 Å². The highest BCUT2D eigenvalue weighted by Crippen LogP contribution is 2.29. The van der Waals surface area contributed by atoms with Crippen molar-refractivity contribution in [2.24, 2.45) is 0 Å². The molecule has 31 heavy (non-hydrogen) atoms. The van der Waals surface area contributed by atoms with Gasteiger partial charge in [-0.15, -0.1) is 10.2 Å². The fourth-order valence-electron chi connectivity index (χ4n) is 2.76. The molecule has 0 amide bonds. The molecule has 2 aromatic heterocycles. The third-order valence-electron chi connectivity index (χ3n) is 4.21. The van der Waals surface area contributed by atoms with Gasteiger partial charge in [0.1, 0.15) is 10.6 Å². The second-order valence-electron chi connectivity index (χ2n) is 6.33. The van der Waals surface area contributed by atoms with Gasteiger partial charge in [-0.2, -0.15) is 5.10 Å². The number of halogens is 1. The first kappa shape index (κ1) is 20.6. The van der Waals surface area contributed by atoms with Crippen LogP contribution in [-0.2, 0) is 10.0 Å². The van der Waals surface area contributed by atoms with Crippen LogP contribution in [0.1, 0.15) is 0 Å². The number of methoxy groups -OCH3 is 1. The van der Waals surface area contributed by atoms with Crippen LogP contribution in [0.2, 0.25) is 5.02 Å². The summed E-state index contributed by atoms with van der Waals surface area (Å²) in [5.74, 6) is 1.33. The van der Waals surface area contributed by atoms with E-state index in [1.807, 2.05) is 0 Å². The molecule has 0 aliphatic heterocycles. The van der Waals surface area contributed by atoms with Crippen molar-refractivity contribution in [2.45, 2.75) is 4.90 Å². The van der Waals surface area contributed by atoms with E-state index in [4.69, 9.17) is 16.3 Å². The highest BCUT2D eigenvalue weighted by atomic mass is 35.5. The van der Waals surface area contributed by atoms with Gasteiger partial charge in [0.05, 0.1) is 7.11 Å². The van der Waals surface area contributed by atoms with Gasteiger partial charge in [0.15, 0.2) is 11.6 Å². The summed E-state index contributed by atoms with van der Waals surface area (Å²) in [4.78, 5) is -0.0442. The average Bonchev–Trinajstić information content (AvgIpc) is 3.30. The Bertz CT molecular complexity index is 1280. The minimum atomic E-state index is -3.89. The van der Waals surface area contributed by atoms with E-state index in [0.29, 0.717) is 28.0 Å². The molecule has 2 heterocycles. The Hall–Kier alpha value is -3.63. The molecule has 0 bridgehead atoms. The van der Waals surface area contributed by atoms with Crippen molar-refractivity contribution in [1.82, 2.24) is 20.0 Å². The Kier molecular flexibility index (Phi) is 5.74.